The van der Waals surface area contributed by atoms with E-state index in [1.54, 1.807) is 12.1 Å². The zero-order valence-electron chi connectivity index (χ0n) is 9.79. The summed E-state index contributed by atoms with van der Waals surface area (Å²) in [4.78, 5) is 0. The van der Waals surface area contributed by atoms with E-state index in [1.807, 2.05) is 17.8 Å². The van der Waals surface area contributed by atoms with E-state index in [-0.39, 0.29) is 5.82 Å². The maximum Gasteiger partial charge on any atom is 0.123 e. The molecule has 1 N–H and O–H groups in total. The fraction of sp³-hybridized carbons (Fsp3) is 0.538. The summed E-state index contributed by atoms with van der Waals surface area (Å²) in [5.41, 5.74) is 2.46. The molecule has 0 spiro atoms. The lowest BCUT2D eigenvalue weighted by atomic mass is 10.1. The molecule has 0 bridgehead atoms. The molecule has 2 unspecified atom stereocenters. The predicted octanol–water partition coefficient (Wildman–Crippen LogP) is 3.15. The number of benzene rings is 1. The average Bonchev–Trinajstić information content (AvgIpc) is 2.68. The Balaban J connectivity index is 2.02. The summed E-state index contributed by atoms with van der Waals surface area (Å²) in [6.45, 7) is 3.20. The molecule has 1 aromatic carbocycles. The Labute approximate surface area is 101 Å². The Bertz CT molecular complexity index is 367. The highest BCUT2D eigenvalue weighted by atomic mass is 32.2. The quantitative estimate of drug-likeness (QED) is 0.866. The van der Waals surface area contributed by atoms with Crippen molar-refractivity contribution in [3.8, 4) is 0 Å². The van der Waals surface area contributed by atoms with Crippen LogP contribution in [0.5, 0.6) is 0 Å². The molecule has 1 nitrogen and oxygen atoms in total. The van der Waals surface area contributed by atoms with E-state index in [1.165, 1.54) is 5.56 Å². The molecule has 3 heteroatoms. The van der Waals surface area contributed by atoms with Gasteiger partial charge in [0.2, 0.25) is 0 Å². The Morgan fingerprint density at radius 1 is 1.56 bits per heavy atom. The highest BCUT2D eigenvalue weighted by molar-refractivity contribution is 7.99. The zero-order chi connectivity index (χ0) is 11.5. The largest absolute Gasteiger partial charge is 0.309 e. The fourth-order valence-electron chi connectivity index (χ4n) is 2.18. The minimum atomic E-state index is -0.120. The second kappa shape index (κ2) is 5.19. The molecule has 0 amide bonds. The first kappa shape index (κ1) is 11.9. The molecule has 1 aromatic rings. The van der Waals surface area contributed by atoms with Gasteiger partial charge in [-0.05, 0) is 42.4 Å². The van der Waals surface area contributed by atoms with Crippen molar-refractivity contribution in [3.63, 3.8) is 0 Å². The summed E-state index contributed by atoms with van der Waals surface area (Å²) >= 11 is 1.86. The van der Waals surface area contributed by atoms with Gasteiger partial charge in [0.05, 0.1) is 0 Å². The van der Waals surface area contributed by atoms with Gasteiger partial charge in [0.25, 0.3) is 0 Å². The third-order valence-corrected chi connectivity index (χ3v) is 4.21. The zero-order valence-corrected chi connectivity index (χ0v) is 10.6. The van der Waals surface area contributed by atoms with Crippen molar-refractivity contribution in [2.24, 2.45) is 0 Å². The van der Waals surface area contributed by atoms with E-state index in [0.717, 1.165) is 24.9 Å². The first-order chi connectivity index (χ1) is 7.70. The lowest BCUT2D eigenvalue weighted by Gasteiger charge is -2.16. The smallest absolute Gasteiger partial charge is 0.123 e. The van der Waals surface area contributed by atoms with Crippen molar-refractivity contribution < 1.29 is 4.39 Å². The van der Waals surface area contributed by atoms with Crippen molar-refractivity contribution >= 4 is 11.8 Å². The highest BCUT2D eigenvalue weighted by Gasteiger charge is 2.22. The van der Waals surface area contributed by atoms with Crippen molar-refractivity contribution in [2.45, 2.75) is 31.1 Å². The number of fused-ring (bicyclic) bond motifs is 1. The number of hydrogen-bond acceptors (Lipinski definition) is 2. The SMILES string of the molecule is CSC(C)CNC1CCc2ccc(F)cc21. The first-order valence-corrected chi connectivity index (χ1v) is 7.04. The number of rotatable bonds is 4. The van der Waals surface area contributed by atoms with Crippen LogP contribution in [0.3, 0.4) is 0 Å². The molecule has 16 heavy (non-hydrogen) atoms. The Hall–Kier alpha value is -0.540. The van der Waals surface area contributed by atoms with Gasteiger partial charge in [-0.1, -0.05) is 13.0 Å². The molecule has 88 valence electrons. The van der Waals surface area contributed by atoms with Crippen LogP contribution in [0.25, 0.3) is 0 Å². The topological polar surface area (TPSA) is 12.0 Å². The minimum Gasteiger partial charge on any atom is -0.309 e. The third kappa shape index (κ3) is 2.58. The molecule has 0 fully saturated rings. The molecule has 1 aliphatic carbocycles. The van der Waals surface area contributed by atoms with E-state index >= 15 is 0 Å². The number of aryl methyl sites for hydroxylation is 1. The number of nitrogens with one attached hydrogen (secondary N) is 1. The molecule has 0 saturated heterocycles. The van der Waals surface area contributed by atoms with Gasteiger partial charge in [-0.25, -0.2) is 4.39 Å². The van der Waals surface area contributed by atoms with Crippen LogP contribution in [0.4, 0.5) is 4.39 Å². The van der Waals surface area contributed by atoms with Crippen LogP contribution in [0.2, 0.25) is 0 Å². The predicted molar refractivity (Wildman–Crippen MR) is 68.4 cm³/mol. The summed E-state index contributed by atoms with van der Waals surface area (Å²) in [5, 5.41) is 4.14. The van der Waals surface area contributed by atoms with E-state index in [4.69, 9.17) is 0 Å². The summed E-state index contributed by atoms with van der Waals surface area (Å²) in [6.07, 6.45) is 4.29. The number of hydrogen-bond donors (Lipinski definition) is 1. The summed E-state index contributed by atoms with van der Waals surface area (Å²) in [7, 11) is 0. The van der Waals surface area contributed by atoms with Gasteiger partial charge in [-0.2, -0.15) is 11.8 Å². The minimum absolute atomic E-state index is 0.120. The first-order valence-electron chi connectivity index (χ1n) is 5.75. The Morgan fingerprint density at radius 2 is 2.38 bits per heavy atom. The highest BCUT2D eigenvalue weighted by Crippen LogP contribution is 2.31. The van der Waals surface area contributed by atoms with Crippen molar-refractivity contribution in [1.29, 1.82) is 0 Å². The standard InChI is InChI=1S/C13H18FNS/c1-9(16-2)8-15-13-6-4-10-3-5-11(14)7-12(10)13/h3,5,7,9,13,15H,4,6,8H2,1-2H3. The number of halogens is 1. The lowest BCUT2D eigenvalue weighted by Crippen LogP contribution is -2.26. The van der Waals surface area contributed by atoms with Gasteiger partial charge in [-0.3, -0.25) is 0 Å². The monoisotopic (exact) mass is 239 g/mol. The van der Waals surface area contributed by atoms with E-state index in [9.17, 15) is 4.39 Å². The van der Waals surface area contributed by atoms with E-state index < -0.39 is 0 Å². The molecule has 0 saturated carbocycles. The molecule has 0 heterocycles. The van der Waals surface area contributed by atoms with Crippen LogP contribution in [-0.4, -0.2) is 18.1 Å². The maximum absolute atomic E-state index is 13.2. The number of thioether (sulfide) groups is 1. The summed E-state index contributed by atoms with van der Waals surface area (Å²) in [6, 6.07) is 5.51. The lowest BCUT2D eigenvalue weighted by molar-refractivity contribution is 0.530. The molecular formula is C13H18FNS. The van der Waals surface area contributed by atoms with Crippen molar-refractivity contribution in [1.82, 2.24) is 5.32 Å². The van der Waals surface area contributed by atoms with Crippen LogP contribution in [-0.2, 0) is 6.42 Å². The molecular weight excluding hydrogens is 221 g/mol. The second-order valence-corrected chi connectivity index (χ2v) is 5.67. The van der Waals surface area contributed by atoms with Gasteiger partial charge in [-0.15, -0.1) is 0 Å². The molecule has 2 rings (SSSR count). The van der Waals surface area contributed by atoms with E-state index in [2.05, 4.69) is 18.5 Å². The van der Waals surface area contributed by atoms with Gasteiger partial charge < -0.3 is 5.32 Å². The molecule has 0 radical (unpaired) electrons. The van der Waals surface area contributed by atoms with Crippen LogP contribution in [0, 0.1) is 5.82 Å². The Morgan fingerprint density at radius 3 is 3.12 bits per heavy atom. The summed E-state index contributed by atoms with van der Waals surface area (Å²) in [5.74, 6) is -0.120. The van der Waals surface area contributed by atoms with Gasteiger partial charge >= 0.3 is 0 Å². The maximum atomic E-state index is 13.2. The van der Waals surface area contributed by atoms with Gasteiger partial charge in [0, 0.05) is 17.8 Å². The van der Waals surface area contributed by atoms with Gasteiger partial charge in [0.1, 0.15) is 5.82 Å². The van der Waals surface area contributed by atoms with Crippen LogP contribution in [0.15, 0.2) is 18.2 Å². The van der Waals surface area contributed by atoms with Crippen molar-refractivity contribution in [3.05, 3.63) is 35.1 Å². The Kier molecular flexibility index (Phi) is 3.87. The second-order valence-electron chi connectivity index (χ2n) is 4.39. The molecule has 0 aliphatic heterocycles. The van der Waals surface area contributed by atoms with Crippen LogP contribution >= 0.6 is 11.8 Å². The van der Waals surface area contributed by atoms with Crippen molar-refractivity contribution in [2.75, 3.05) is 12.8 Å². The normalized spacial score (nSPS) is 20.8. The third-order valence-electron chi connectivity index (χ3n) is 3.24. The van der Waals surface area contributed by atoms with Crippen LogP contribution in [0.1, 0.15) is 30.5 Å². The molecule has 0 aromatic heterocycles. The average molecular weight is 239 g/mol. The molecule has 2 atom stereocenters. The van der Waals surface area contributed by atoms with Crippen LogP contribution < -0.4 is 5.32 Å². The van der Waals surface area contributed by atoms with Gasteiger partial charge in [0.15, 0.2) is 0 Å². The molecule has 1 aliphatic rings. The fourth-order valence-corrected chi connectivity index (χ4v) is 2.44. The van der Waals surface area contributed by atoms with E-state index in [0.29, 0.717) is 11.3 Å². The summed E-state index contributed by atoms with van der Waals surface area (Å²) < 4.78 is 13.2.